The topological polar surface area (TPSA) is 64.7 Å². The molecule has 5 heteroatoms. The van der Waals surface area contributed by atoms with Gasteiger partial charge in [-0.2, -0.15) is 0 Å². The molecule has 14 heavy (non-hydrogen) atoms. The lowest BCUT2D eigenvalue weighted by molar-refractivity contribution is 0.777. The predicted molar refractivity (Wildman–Crippen MR) is 55.7 cm³/mol. The molecular weight excluding hydrogens is 196 g/mol. The minimum Gasteiger partial charge on any atom is -0.323 e. The van der Waals surface area contributed by atoms with Gasteiger partial charge in [0.1, 0.15) is 0 Å². The first-order valence-corrected chi connectivity index (χ1v) is 5.12. The lowest BCUT2D eigenvalue weighted by atomic mass is 10.2. The Balaban J connectivity index is 2.41. The van der Waals surface area contributed by atoms with Crippen LogP contribution >= 0.6 is 11.3 Å². The number of nitrogens with zero attached hydrogens (tertiary/aromatic N) is 3. The molecule has 0 aliphatic heterocycles. The lowest BCUT2D eigenvalue weighted by Gasteiger charge is -2.04. The molecule has 0 saturated heterocycles. The third-order valence-electron chi connectivity index (χ3n) is 1.80. The molecule has 2 N–H and O–H groups in total. The van der Waals surface area contributed by atoms with Crippen molar-refractivity contribution in [3.8, 4) is 10.7 Å². The van der Waals surface area contributed by atoms with Crippen LogP contribution in [0.15, 0.2) is 24.0 Å². The van der Waals surface area contributed by atoms with Crippen molar-refractivity contribution in [3.63, 3.8) is 0 Å². The van der Waals surface area contributed by atoms with E-state index >= 15 is 0 Å². The Morgan fingerprint density at radius 3 is 3.00 bits per heavy atom. The second kappa shape index (κ2) is 3.81. The smallest absolute Gasteiger partial charge is 0.171 e. The van der Waals surface area contributed by atoms with E-state index in [1.54, 1.807) is 17.9 Å². The molecule has 0 saturated carbocycles. The summed E-state index contributed by atoms with van der Waals surface area (Å²) in [5, 5.41) is 0. The maximum Gasteiger partial charge on any atom is 0.171 e. The SMILES string of the molecule is CC(N)c1ccnc(-c2cncs2)n1. The van der Waals surface area contributed by atoms with Crippen LogP contribution in [0.4, 0.5) is 0 Å². The number of rotatable bonds is 2. The summed E-state index contributed by atoms with van der Waals surface area (Å²) in [6.07, 6.45) is 3.48. The van der Waals surface area contributed by atoms with Gasteiger partial charge >= 0.3 is 0 Å². The van der Waals surface area contributed by atoms with Crippen molar-refractivity contribution >= 4 is 11.3 Å². The molecule has 1 atom stereocenters. The fraction of sp³-hybridized carbons (Fsp3) is 0.222. The highest BCUT2D eigenvalue weighted by atomic mass is 32.1. The van der Waals surface area contributed by atoms with E-state index in [0.29, 0.717) is 5.82 Å². The van der Waals surface area contributed by atoms with E-state index in [-0.39, 0.29) is 6.04 Å². The Kier molecular flexibility index (Phi) is 2.51. The van der Waals surface area contributed by atoms with Crippen molar-refractivity contribution in [1.29, 1.82) is 0 Å². The van der Waals surface area contributed by atoms with Crippen LogP contribution in [0.25, 0.3) is 10.7 Å². The summed E-state index contributed by atoms with van der Waals surface area (Å²) in [5.41, 5.74) is 8.35. The zero-order valence-corrected chi connectivity index (χ0v) is 8.53. The van der Waals surface area contributed by atoms with Gasteiger partial charge in [-0.15, -0.1) is 11.3 Å². The van der Waals surface area contributed by atoms with Crippen molar-refractivity contribution in [3.05, 3.63) is 29.7 Å². The van der Waals surface area contributed by atoms with Gasteiger partial charge in [0.2, 0.25) is 0 Å². The maximum absolute atomic E-state index is 5.73. The summed E-state index contributed by atoms with van der Waals surface area (Å²) in [6.45, 7) is 1.90. The zero-order valence-electron chi connectivity index (χ0n) is 7.71. The molecule has 0 aromatic carbocycles. The van der Waals surface area contributed by atoms with E-state index < -0.39 is 0 Å². The van der Waals surface area contributed by atoms with Crippen molar-refractivity contribution in [1.82, 2.24) is 15.0 Å². The van der Waals surface area contributed by atoms with Crippen LogP contribution in [-0.2, 0) is 0 Å². The molecule has 2 aromatic rings. The van der Waals surface area contributed by atoms with Crippen LogP contribution in [0.5, 0.6) is 0 Å². The standard InChI is InChI=1S/C9H10N4S/c1-6(10)7-2-3-12-9(13-7)8-4-11-5-14-8/h2-6H,10H2,1H3. The Morgan fingerprint density at radius 1 is 1.50 bits per heavy atom. The monoisotopic (exact) mass is 206 g/mol. The first kappa shape index (κ1) is 9.23. The van der Waals surface area contributed by atoms with Crippen LogP contribution in [0.1, 0.15) is 18.7 Å². The number of hydrogen-bond donors (Lipinski definition) is 1. The van der Waals surface area contributed by atoms with Gasteiger partial charge in [-0.1, -0.05) is 0 Å². The average Bonchev–Trinajstić information content (AvgIpc) is 2.71. The maximum atomic E-state index is 5.73. The largest absolute Gasteiger partial charge is 0.323 e. The van der Waals surface area contributed by atoms with E-state index in [1.807, 2.05) is 13.0 Å². The quantitative estimate of drug-likeness (QED) is 0.811. The van der Waals surface area contributed by atoms with Crippen LogP contribution in [-0.4, -0.2) is 15.0 Å². The van der Waals surface area contributed by atoms with E-state index in [2.05, 4.69) is 15.0 Å². The van der Waals surface area contributed by atoms with Crippen LogP contribution in [0.3, 0.4) is 0 Å². The summed E-state index contributed by atoms with van der Waals surface area (Å²) in [7, 11) is 0. The Hall–Kier alpha value is -1.33. The highest BCUT2D eigenvalue weighted by molar-refractivity contribution is 7.13. The van der Waals surface area contributed by atoms with E-state index in [0.717, 1.165) is 10.6 Å². The Bertz CT molecular complexity index is 411. The molecule has 0 fully saturated rings. The van der Waals surface area contributed by atoms with Crippen LogP contribution in [0.2, 0.25) is 0 Å². The fourth-order valence-corrected chi connectivity index (χ4v) is 1.63. The molecule has 1 unspecified atom stereocenters. The summed E-state index contributed by atoms with van der Waals surface area (Å²) in [6, 6.07) is 1.76. The van der Waals surface area contributed by atoms with Gasteiger partial charge in [-0.3, -0.25) is 4.98 Å². The summed E-state index contributed by atoms with van der Waals surface area (Å²) in [4.78, 5) is 13.5. The minimum absolute atomic E-state index is 0.0651. The third-order valence-corrected chi connectivity index (χ3v) is 2.57. The molecule has 0 aliphatic rings. The molecule has 4 nitrogen and oxygen atoms in total. The van der Waals surface area contributed by atoms with Gasteiger partial charge in [-0.05, 0) is 13.0 Å². The van der Waals surface area contributed by atoms with Crippen molar-refractivity contribution < 1.29 is 0 Å². The molecule has 0 aliphatic carbocycles. The number of hydrogen-bond acceptors (Lipinski definition) is 5. The summed E-state index contributed by atoms with van der Waals surface area (Å²) >= 11 is 1.52. The second-order valence-corrected chi connectivity index (χ2v) is 3.85. The molecule has 72 valence electrons. The van der Waals surface area contributed by atoms with Crippen molar-refractivity contribution in [2.75, 3.05) is 0 Å². The van der Waals surface area contributed by atoms with Gasteiger partial charge < -0.3 is 5.73 Å². The van der Waals surface area contributed by atoms with E-state index in [4.69, 9.17) is 5.73 Å². The molecule has 2 rings (SSSR count). The molecular formula is C9H10N4S. The third kappa shape index (κ3) is 1.78. The van der Waals surface area contributed by atoms with Gasteiger partial charge in [0.05, 0.1) is 16.1 Å². The minimum atomic E-state index is -0.0651. The number of aromatic nitrogens is 3. The molecule has 2 heterocycles. The van der Waals surface area contributed by atoms with Gasteiger partial charge in [-0.25, -0.2) is 9.97 Å². The molecule has 0 radical (unpaired) electrons. The lowest BCUT2D eigenvalue weighted by Crippen LogP contribution is -2.07. The molecule has 0 bridgehead atoms. The van der Waals surface area contributed by atoms with Crippen molar-refractivity contribution in [2.45, 2.75) is 13.0 Å². The molecule has 0 spiro atoms. The number of thiazole rings is 1. The fourth-order valence-electron chi connectivity index (χ4n) is 1.07. The van der Waals surface area contributed by atoms with Crippen LogP contribution in [0, 0.1) is 0 Å². The Labute approximate surface area is 85.9 Å². The molecule has 2 aromatic heterocycles. The van der Waals surface area contributed by atoms with Gasteiger partial charge in [0.25, 0.3) is 0 Å². The first-order chi connectivity index (χ1) is 6.77. The Morgan fingerprint density at radius 2 is 2.36 bits per heavy atom. The first-order valence-electron chi connectivity index (χ1n) is 4.25. The van der Waals surface area contributed by atoms with E-state index in [1.165, 1.54) is 11.3 Å². The van der Waals surface area contributed by atoms with Crippen LogP contribution < -0.4 is 5.73 Å². The average molecular weight is 206 g/mol. The zero-order chi connectivity index (χ0) is 9.97. The summed E-state index contributed by atoms with van der Waals surface area (Å²) in [5.74, 6) is 0.697. The van der Waals surface area contributed by atoms with E-state index in [9.17, 15) is 0 Å². The summed E-state index contributed by atoms with van der Waals surface area (Å²) < 4.78 is 0. The van der Waals surface area contributed by atoms with Gasteiger partial charge in [0, 0.05) is 18.4 Å². The highest BCUT2D eigenvalue weighted by Gasteiger charge is 2.06. The van der Waals surface area contributed by atoms with Gasteiger partial charge in [0.15, 0.2) is 5.82 Å². The molecule has 0 amide bonds. The van der Waals surface area contributed by atoms with Crippen molar-refractivity contribution in [2.24, 2.45) is 5.73 Å². The highest BCUT2D eigenvalue weighted by Crippen LogP contribution is 2.19. The normalized spacial score (nSPS) is 12.7. The predicted octanol–water partition coefficient (Wildman–Crippen LogP) is 1.62. The second-order valence-electron chi connectivity index (χ2n) is 2.96. The number of nitrogens with two attached hydrogens (primary N) is 1.